The van der Waals surface area contributed by atoms with Crippen molar-refractivity contribution in [2.24, 2.45) is 0 Å². The first-order valence-electron chi connectivity index (χ1n) is 8.83. The summed E-state index contributed by atoms with van der Waals surface area (Å²) < 4.78 is 10.5. The number of hydrogen-bond donors (Lipinski definition) is 3. The van der Waals surface area contributed by atoms with Gasteiger partial charge in [0.15, 0.2) is 0 Å². The summed E-state index contributed by atoms with van der Waals surface area (Å²) in [7, 11) is 0. The van der Waals surface area contributed by atoms with E-state index in [4.69, 9.17) is 21.1 Å². The predicted molar refractivity (Wildman–Crippen MR) is 116 cm³/mol. The average Bonchev–Trinajstić information content (AvgIpc) is 3.23. The number of nitrogens with one attached hydrogen (secondary N) is 2. The van der Waals surface area contributed by atoms with Gasteiger partial charge in [0.2, 0.25) is 0 Å². The molecule has 2 fully saturated rings. The lowest BCUT2D eigenvalue weighted by Crippen LogP contribution is -2.28. The monoisotopic (exact) mass is 448 g/mol. The Balaban J connectivity index is 1.41. The second kappa shape index (κ2) is 8.61. The highest BCUT2D eigenvalue weighted by atomic mass is 35.5. The molecular weight excluding hydrogens is 432 g/mol. The van der Waals surface area contributed by atoms with Gasteiger partial charge in [-0.3, -0.25) is 4.79 Å². The third-order valence-corrected chi connectivity index (χ3v) is 5.98. The highest BCUT2D eigenvalue weighted by molar-refractivity contribution is 8.14. The number of thioether (sulfide) groups is 1. The number of thiol groups is 1. The van der Waals surface area contributed by atoms with E-state index in [0.717, 1.165) is 11.1 Å². The van der Waals surface area contributed by atoms with E-state index < -0.39 is 0 Å². The zero-order valence-electron chi connectivity index (χ0n) is 15.1. The number of benzene rings is 2. The molecule has 2 amide bonds. The largest absolute Gasteiger partial charge is 0.456 e. The number of rotatable bonds is 5. The van der Waals surface area contributed by atoms with E-state index >= 15 is 0 Å². The number of carbonyl (C=O) groups is 2. The van der Waals surface area contributed by atoms with Gasteiger partial charge >= 0.3 is 6.09 Å². The second-order valence-electron chi connectivity index (χ2n) is 6.53. The molecule has 0 aliphatic carbocycles. The van der Waals surface area contributed by atoms with Crippen LogP contribution in [-0.4, -0.2) is 29.4 Å². The summed E-state index contributed by atoms with van der Waals surface area (Å²) in [6.07, 6.45) is 2.09. The van der Waals surface area contributed by atoms with Crippen LogP contribution in [0.15, 0.2) is 47.4 Å². The fraction of sp³-hybridized carbons (Fsp3) is 0.200. The Morgan fingerprint density at radius 2 is 2.00 bits per heavy atom. The second-order valence-corrected chi connectivity index (χ2v) is 8.95. The zero-order valence-corrected chi connectivity index (χ0v) is 17.5. The molecule has 0 radical (unpaired) electrons. The van der Waals surface area contributed by atoms with Crippen LogP contribution in [0.5, 0.6) is 11.5 Å². The highest BCUT2D eigenvalue weighted by Crippen LogP contribution is 2.34. The van der Waals surface area contributed by atoms with Crippen molar-refractivity contribution in [2.75, 3.05) is 6.61 Å². The fourth-order valence-corrected chi connectivity index (χ4v) is 4.43. The summed E-state index contributed by atoms with van der Waals surface area (Å²) in [4.78, 5) is 23.5. The summed E-state index contributed by atoms with van der Waals surface area (Å²) in [5.41, 5.74) is 1.87. The molecule has 2 N–H and O–H groups in total. The Morgan fingerprint density at radius 3 is 2.62 bits per heavy atom. The molecule has 0 aromatic heterocycles. The van der Waals surface area contributed by atoms with Crippen LogP contribution in [0, 0.1) is 0 Å². The zero-order chi connectivity index (χ0) is 20.4. The molecule has 29 heavy (non-hydrogen) atoms. The maximum absolute atomic E-state index is 11.8. The third kappa shape index (κ3) is 5.01. The lowest BCUT2D eigenvalue weighted by atomic mass is 10.1. The van der Waals surface area contributed by atoms with E-state index in [1.165, 1.54) is 11.8 Å². The van der Waals surface area contributed by atoms with Crippen molar-refractivity contribution in [1.29, 1.82) is 0 Å². The molecule has 2 heterocycles. The standard InChI is InChI=1S/C20H17ClN2O4S2/c21-15-8-12(9-17-18(24)23-20(28)29-17)3-6-16(15)27-14-4-1-11(2-5-14)7-13-10-26-19(25)22-13/h1-6,8-9,13,20,28H,7,10H2,(H,22,25)(H,23,24)/b17-9-. The van der Waals surface area contributed by atoms with Crippen LogP contribution in [0.1, 0.15) is 11.1 Å². The molecule has 2 aliphatic heterocycles. The van der Waals surface area contributed by atoms with Crippen molar-refractivity contribution >= 4 is 54.1 Å². The molecule has 2 saturated heterocycles. The Morgan fingerprint density at radius 1 is 1.21 bits per heavy atom. The molecule has 0 saturated carbocycles. The molecule has 9 heteroatoms. The number of cyclic esters (lactones) is 1. The van der Waals surface area contributed by atoms with Gasteiger partial charge in [-0.25, -0.2) is 4.79 Å². The van der Waals surface area contributed by atoms with E-state index in [9.17, 15) is 9.59 Å². The molecule has 2 aliphatic rings. The van der Waals surface area contributed by atoms with E-state index in [1.807, 2.05) is 30.3 Å². The molecule has 2 aromatic carbocycles. The Kier molecular flexibility index (Phi) is 5.94. The van der Waals surface area contributed by atoms with Crippen molar-refractivity contribution in [3.05, 3.63) is 63.5 Å². The van der Waals surface area contributed by atoms with Gasteiger partial charge in [-0.05, 0) is 47.9 Å². The van der Waals surface area contributed by atoms with Crippen LogP contribution in [0.3, 0.4) is 0 Å². The minimum absolute atomic E-state index is 0.0108. The lowest BCUT2D eigenvalue weighted by molar-refractivity contribution is -0.116. The number of halogens is 1. The minimum atomic E-state index is -0.374. The van der Waals surface area contributed by atoms with Crippen LogP contribution >= 0.6 is 36.0 Å². The van der Waals surface area contributed by atoms with Crippen LogP contribution in [0.4, 0.5) is 4.79 Å². The minimum Gasteiger partial charge on any atom is -0.456 e. The van der Waals surface area contributed by atoms with E-state index in [2.05, 4.69) is 23.3 Å². The molecule has 150 valence electrons. The molecule has 2 unspecified atom stereocenters. The molecular formula is C20H17ClN2O4S2. The maximum atomic E-state index is 11.8. The third-order valence-electron chi connectivity index (χ3n) is 4.34. The number of ether oxygens (including phenoxy) is 2. The van der Waals surface area contributed by atoms with Crippen molar-refractivity contribution < 1.29 is 19.1 Å². The van der Waals surface area contributed by atoms with E-state index in [-0.39, 0.29) is 22.7 Å². The van der Waals surface area contributed by atoms with Crippen molar-refractivity contribution in [3.8, 4) is 11.5 Å². The summed E-state index contributed by atoms with van der Waals surface area (Å²) in [5, 5.41) is 5.91. The van der Waals surface area contributed by atoms with Gasteiger partial charge in [0.05, 0.1) is 16.0 Å². The number of amides is 2. The fourth-order valence-electron chi connectivity index (χ4n) is 2.97. The highest BCUT2D eigenvalue weighted by Gasteiger charge is 2.24. The molecule has 0 bridgehead atoms. The Hall–Kier alpha value is -2.29. The number of alkyl carbamates (subject to hydrolysis) is 1. The van der Waals surface area contributed by atoms with Crippen LogP contribution in [0.2, 0.25) is 5.02 Å². The molecule has 2 aromatic rings. The SMILES string of the molecule is O=C1NC(Cc2ccc(Oc3ccc(/C=C4\SC(S)NC4=O)cc3Cl)cc2)CO1. The number of hydrogen-bond acceptors (Lipinski definition) is 6. The summed E-state index contributed by atoms with van der Waals surface area (Å²) in [5.74, 6) is 1.03. The van der Waals surface area contributed by atoms with Gasteiger partial charge in [0.25, 0.3) is 5.91 Å². The molecule has 6 nitrogen and oxygen atoms in total. The van der Waals surface area contributed by atoms with Gasteiger partial charge in [-0.15, -0.1) is 12.6 Å². The van der Waals surface area contributed by atoms with Crippen molar-refractivity contribution in [2.45, 2.75) is 17.2 Å². The normalized spacial score (nSPS) is 22.3. The summed E-state index contributed by atoms with van der Waals surface area (Å²) in [6.45, 7) is 0.379. The van der Waals surface area contributed by atoms with Gasteiger partial charge in [-0.2, -0.15) is 0 Å². The number of carbonyl (C=O) groups excluding carboxylic acids is 2. The summed E-state index contributed by atoms with van der Waals surface area (Å²) in [6, 6.07) is 12.9. The van der Waals surface area contributed by atoms with E-state index in [1.54, 1.807) is 18.2 Å². The Bertz CT molecular complexity index is 981. The quantitative estimate of drug-likeness (QED) is 0.472. The van der Waals surface area contributed by atoms with Gasteiger partial charge in [0.1, 0.15) is 22.8 Å². The Labute approximate surface area is 182 Å². The first-order valence-corrected chi connectivity index (χ1v) is 10.6. The lowest BCUT2D eigenvalue weighted by Gasteiger charge is -2.10. The predicted octanol–water partition coefficient (Wildman–Crippen LogP) is 4.20. The topological polar surface area (TPSA) is 76.7 Å². The van der Waals surface area contributed by atoms with Gasteiger partial charge < -0.3 is 20.1 Å². The summed E-state index contributed by atoms with van der Waals surface area (Å²) >= 11 is 11.9. The average molecular weight is 449 g/mol. The van der Waals surface area contributed by atoms with Crippen molar-refractivity contribution in [1.82, 2.24) is 10.6 Å². The maximum Gasteiger partial charge on any atom is 0.407 e. The van der Waals surface area contributed by atoms with Gasteiger partial charge in [-0.1, -0.05) is 41.6 Å². The molecule has 0 spiro atoms. The van der Waals surface area contributed by atoms with Crippen molar-refractivity contribution in [3.63, 3.8) is 0 Å². The van der Waals surface area contributed by atoms with E-state index in [0.29, 0.717) is 34.5 Å². The molecule has 2 atom stereocenters. The molecule has 4 rings (SSSR count). The van der Waals surface area contributed by atoms with Crippen LogP contribution < -0.4 is 15.4 Å². The first-order chi connectivity index (χ1) is 14.0. The van der Waals surface area contributed by atoms with Crippen LogP contribution in [0.25, 0.3) is 6.08 Å². The first kappa shape index (κ1) is 20.0. The van der Waals surface area contributed by atoms with Gasteiger partial charge in [0, 0.05) is 0 Å². The van der Waals surface area contributed by atoms with Crippen LogP contribution in [-0.2, 0) is 16.0 Å². The smallest absolute Gasteiger partial charge is 0.407 e.